The van der Waals surface area contributed by atoms with Crippen LogP contribution in [0.25, 0.3) is 0 Å². The van der Waals surface area contributed by atoms with Gasteiger partial charge < -0.3 is 5.32 Å². The molecule has 1 aliphatic rings. The van der Waals surface area contributed by atoms with Crippen LogP contribution in [0.1, 0.15) is 49.4 Å². The van der Waals surface area contributed by atoms with Crippen LogP contribution in [-0.4, -0.2) is 17.4 Å². The monoisotopic (exact) mass is 264 g/mol. The number of aromatic nitrogens is 1. The molecular weight excluding hydrogens is 243 g/mol. The SMILES string of the molecule is CCC1CCC(CNC(=O)c2ccc(F)nc2)CC1. The van der Waals surface area contributed by atoms with Crippen molar-refractivity contribution in [2.75, 3.05) is 6.54 Å². The molecule has 0 aromatic carbocycles. The molecule has 1 amide bonds. The van der Waals surface area contributed by atoms with Gasteiger partial charge in [-0.25, -0.2) is 4.98 Å². The number of nitrogens with zero attached hydrogens (tertiary/aromatic N) is 1. The van der Waals surface area contributed by atoms with Crippen LogP contribution in [0, 0.1) is 17.8 Å². The van der Waals surface area contributed by atoms with Gasteiger partial charge >= 0.3 is 0 Å². The highest BCUT2D eigenvalue weighted by atomic mass is 19.1. The first kappa shape index (κ1) is 14.0. The topological polar surface area (TPSA) is 42.0 Å². The fourth-order valence-electron chi connectivity index (χ4n) is 2.69. The van der Waals surface area contributed by atoms with E-state index in [0.717, 1.165) is 5.92 Å². The van der Waals surface area contributed by atoms with Crippen molar-refractivity contribution in [3.63, 3.8) is 0 Å². The van der Waals surface area contributed by atoms with Crippen molar-refractivity contribution in [3.05, 3.63) is 29.8 Å². The molecule has 0 unspecified atom stereocenters. The Morgan fingerprint density at radius 1 is 1.32 bits per heavy atom. The third kappa shape index (κ3) is 4.01. The number of carbonyl (C=O) groups excluding carboxylic acids is 1. The lowest BCUT2D eigenvalue weighted by Crippen LogP contribution is -2.31. The Morgan fingerprint density at radius 3 is 2.58 bits per heavy atom. The number of hydrogen-bond donors (Lipinski definition) is 1. The molecule has 1 heterocycles. The van der Waals surface area contributed by atoms with Crippen LogP contribution >= 0.6 is 0 Å². The first-order valence-electron chi connectivity index (χ1n) is 7.08. The second-order valence-corrected chi connectivity index (χ2v) is 5.37. The van der Waals surface area contributed by atoms with Gasteiger partial charge in [0, 0.05) is 12.7 Å². The molecule has 1 aliphatic carbocycles. The summed E-state index contributed by atoms with van der Waals surface area (Å²) < 4.78 is 12.7. The predicted octanol–water partition coefficient (Wildman–Crippen LogP) is 3.17. The smallest absolute Gasteiger partial charge is 0.252 e. The molecule has 3 nitrogen and oxygen atoms in total. The van der Waals surface area contributed by atoms with Crippen LogP contribution < -0.4 is 5.32 Å². The minimum Gasteiger partial charge on any atom is -0.352 e. The Kier molecular flexibility index (Phi) is 4.88. The van der Waals surface area contributed by atoms with Gasteiger partial charge in [-0.15, -0.1) is 0 Å². The van der Waals surface area contributed by atoms with Gasteiger partial charge in [0.25, 0.3) is 5.91 Å². The number of carbonyl (C=O) groups is 1. The van der Waals surface area contributed by atoms with E-state index in [1.807, 2.05) is 0 Å². The zero-order chi connectivity index (χ0) is 13.7. The Bertz CT molecular complexity index is 411. The number of amides is 1. The molecule has 2 rings (SSSR count). The van der Waals surface area contributed by atoms with Crippen LogP contribution in [-0.2, 0) is 0 Å². The normalized spacial score (nSPS) is 23.1. The summed E-state index contributed by atoms with van der Waals surface area (Å²) in [5.74, 6) is 0.730. The molecule has 0 radical (unpaired) electrons. The van der Waals surface area contributed by atoms with Crippen molar-refractivity contribution < 1.29 is 9.18 Å². The van der Waals surface area contributed by atoms with E-state index < -0.39 is 5.95 Å². The number of rotatable bonds is 4. The minimum absolute atomic E-state index is 0.162. The van der Waals surface area contributed by atoms with Crippen molar-refractivity contribution in [1.29, 1.82) is 0 Å². The third-order valence-corrected chi connectivity index (χ3v) is 4.08. The van der Waals surface area contributed by atoms with E-state index in [9.17, 15) is 9.18 Å². The lowest BCUT2D eigenvalue weighted by Gasteiger charge is -2.27. The highest BCUT2D eigenvalue weighted by Crippen LogP contribution is 2.30. The largest absolute Gasteiger partial charge is 0.352 e. The molecule has 19 heavy (non-hydrogen) atoms. The van der Waals surface area contributed by atoms with Gasteiger partial charge in [-0.3, -0.25) is 4.79 Å². The standard InChI is InChI=1S/C15H21FN2O/c1-2-11-3-5-12(6-4-11)9-18-15(19)13-7-8-14(16)17-10-13/h7-8,10-12H,2-6,9H2,1H3,(H,18,19). The molecule has 1 saturated carbocycles. The van der Waals surface area contributed by atoms with Gasteiger partial charge in [-0.1, -0.05) is 26.2 Å². The van der Waals surface area contributed by atoms with Crippen molar-refractivity contribution in [2.45, 2.75) is 39.0 Å². The van der Waals surface area contributed by atoms with Crippen LogP contribution in [0.4, 0.5) is 4.39 Å². The van der Waals surface area contributed by atoms with E-state index in [4.69, 9.17) is 0 Å². The summed E-state index contributed by atoms with van der Waals surface area (Å²) >= 11 is 0. The van der Waals surface area contributed by atoms with E-state index in [1.165, 1.54) is 50.4 Å². The van der Waals surface area contributed by atoms with Gasteiger partial charge in [-0.05, 0) is 36.8 Å². The van der Waals surface area contributed by atoms with Crippen LogP contribution in [0.15, 0.2) is 18.3 Å². The van der Waals surface area contributed by atoms with E-state index in [-0.39, 0.29) is 5.91 Å². The third-order valence-electron chi connectivity index (χ3n) is 4.08. The number of pyridine rings is 1. The molecule has 0 aliphatic heterocycles. The highest BCUT2D eigenvalue weighted by Gasteiger charge is 2.20. The molecule has 0 bridgehead atoms. The van der Waals surface area contributed by atoms with Gasteiger partial charge in [0.1, 0.15) is 0 Å². The van der Waals surface area contributed by atoms with Crippen molar-refractivity contribution in [1.82, 2.24) is 10.3 Å². The van der Waals surface area contributed by atoms with E-state index >= 15 is 0 Å². The van der Waals surface area contributed by atoms with Gasteiger partial charge in [0.15, 0.2) is 0 Å². The van der Waals surface area contributed by atoms with Crippen LogP contribution in [0.5, 0.6) is 0 Å². The summed E-state index contributed by atoms with van der Waals surface area (Å²) in [5, 5.41) is 2.92. The summed E-state index contributed by atoms with van der Waals surface area (Å²) in [6, 6.07) is 2.67. The molecule has 104 valence electrons. The fraction of sp³-hybridized carbons (Fsp3) is 0.600. The summed E-state index contributed by atoms with van der Waals surface area (Å²) in [4.78, 5) is 15.3. The maximum atomic E-state index is 12.7. The van der Waals surface area contributed by atoms with Gasteiger partial charge in [0.05, 0.1) is 5.56 Å². The Hall–Kier alpha value is -1.45. The maximum absolute atomic E-state index is 12.7. The molecule has 4 heteroatoms. The average molecular weight is 264 g/mol. The molecular formula is C15H21FN2O. The first-order chi connectivity index (χ1) is 9.19. The fourth-order valence-corrected chi connectivity index (χ4v) is 2.69. The molecule has 0 spiro atoms. The molecule has 1 aromatic heterocycles. The Balaban J connectivity index is 1.76. The summed E-state index contributed by atoms with van der Waals surface area (Å²) in [5.41, 5.74) is 0.420. The lowest BCUT2D eigenvalue weighted by atomic mass is 9.81. The second kappa shape index (κ2) is 6.64. The van der Waals surface area contributed by atoms with Crippen molar-refractivity contribution in [3.8, 4) is 0 Å². The number of hydrogen-bond acceptors (Lipinski definition) is 2. The molecule has 0 saturated heterocycles. The number of nitrogens with one attached hydrogen (secondary N) is 1. The van der Waals surface area contributed by atoms with Crippen LogP contribution in [0.2, 0.25) is 0 Å². The summed E-state index contributed by atoms with van der Waals surface area (Å²) in [6.45, 7) is 2.96. The summed E-state index contributed by atoms with van der Waals surface area (Å²) in [7, 11) is 0. The zero-order valence-electron chi connectivity index (χ0n) is 11.4. The molecule has 1 aromatic rings. The quantitative estimate of drug-likeness (QED) is 0.849. The molecule has 1 fully saturated rings. The van der Waals surface area contributed by atoms with Crippen molar-refractivity contribution >= 4 is 5.91 Å². The first-order valence-corrected chi connectivity index (χ1v) is 7.08. The predicted molar refractivity (Wildman–Crippen MR) is 72.3 cm³/mol. The minimum atomic E-state index is -0.561. The number of halogens is 1. The molecule has 0 atom stereocenters. The second-order valence-electron chi connectivity index (χ2n) is 5.37. The highest BCUT2D eigenvalue weighted by molar-refractivity contribution is 5.93. The van der Waals surface area contributed by atoms with E-state index in [0.29, 0.717) is 18.0 Å². The average Bonchev–Trinajstić information content (AvgIpc) is 2.46. The zero-order valence-corrected chi connectivity index (χ0v) is 11.4. The maximum Gasteiger partial charge on any atom is 0.252 e. The van der Waals surface area contributed by atoms with Crippen molar-refractivity contribution in [2.24, 2.45) is 11.8 Å². The van der Waals surface area contributed by atoms with Gasteiger partial charge in [0.2, 0.25) is 5.95 Å². The lowest BCUT2D eigenvalue weighted by molar-refractivity contribution is 0.0940. The summed E-state index contributed by atoms with van der Waals surface area (Å²) in [6.07, 6.45) is 7.48. The van der Waals surface area contributed by atoms with Crippen LogP contribution in [0.3, 0.4) is 0 Å². The van der Waals surface area contributed by atoms with E-state index in [2.05, 4.69) is 17.2 Å². The van der Waals surface area contributed by atoms with Gasteiger partial charge in [-0.2, -0.15) is 4.39 Å². The molecule has 1 N–H and O–H groups in total. The van der Waals surface area contributed by atoms with E-state index in [1.54, 1.807) is 0 Å². The Morgan fingerprint density at radius 2 is 2.00 bits per heavy atom. The Labute approximate surface area is 113 Å².